The van der Waals surface area contributed by atoms with E-state index in [1.165, 1.54) is 6.07 Å². The van der Waals surface area contributed by atoms with Crippen LogP contribution in [0.2, 0.25) is 0 Å². The van der Waals surface area contributed by atoms with Crippen molar-refractivity contribution in [1.29, 1.82) is 0 Å². The lowest BCUT2D eigenvalue weighted by atomic mass is 9.78. The summed E-state index contributed by atoms with van der Waals surface area (Å²) in [7, 11) is 0. The predicted molar refractivity (Wildman–Crippen MR) is 116 cm³/mol. The van der Waals surface area contributed by atoms with E-state index < -0.39 is 5.41 Å². The van der Waals surface area contributed by atoms with Gasteiger partial charge in [-0.05, 0) is 69.6 Å². The number of benzene rings is 1. The Morgan fingerprint density at radius 1 is 1.00 bits per heavy atom. The van der Waals surface area contributed by atoms with Gasteiger partial charge in [-0.3, -0.25) is 9.59 Å². The molecule has 4 fully saturated rings. The number of amides is 2. The molecule has 0 aromatic heterocycles. The molecule has 3 aliphatic heterocycles. The fourth-order valence-corrected chi connectivity index (χ4v) is 6.12. The molecule has 5 rings (SSSR count). The summed E-state index contributed by atoms with van der Waals surface area (Å²) in [6.45, 7) is 2.71. The van der Waals surface area contributed by atoms with E-state index in [1.54, 1.807) is 11.0 Å². The zero-order valence-electron chi connectivity index (χ0n) is 18.1. The van der Waals surface area contributed by atoms with E-state index in [4.69, 9.17) is 0 Å². The van der Waals surface area contributed by atoms with Crippen molar-refractivity contribution >= 4 is 23.2 Å². The average Bonchev–Trinajstić information content (AvgIpc) is 3.33. The third kappa shape index (κ3) is 3.71. The average molecular weight is 430 g/mol. The van der Waals surface area contributed by atoms with Gasteiger partial charge in [0.1, 0.15) is 5.82 Å². The molecule has 1 aromatic carbocycles. The number of carbonyl (C=O) groups is 2. The van der Waals surface area contributed by atoms with Crippen LogP contribution in [0, 0.1) is 11.2 Å². The van der Waals surface area contributed by atoms with Crippen molar-refractivity contribution in [1.82, 2.24) is 4.90 Å². The van der Waals surface area contributed by atoms with Gasteiger partial charge in [-0.1, -0.05) is 0 Å². The third-order valence-corrected chi connectivity index (χ3v) is 7.89. The Morgan fingerprint density at radius 3 is 2.52 bits per heavy atom. The van der Waals surface area contributed by atoms with Gasteiger partial charge in [-0.2, -0.15) is 0 Å². The molecule has 1 unspecified atom stereocenters. The minimum Gasteiger partial charge on any atom is -0.393 e. The second kappa shape index (κ2) is 8.08. The van der Waals surface area contributed by atoms with Crippen LogP contribution < -0.4 is 9.80 Å². The monoisotopic (exact) mass is 429 g/mol. The van der Waals surface area contributed by atoms with Crippen LogP contribution in [-0.4, -0.2) is 60.1 Å². The summed E-state index contributed by atoms with van der Waals surface area (Å²) >= 11 is 0. The summed E-state index contributed by atoms with van der Waals surface area (Å²) < 4.78 is 15.1. The van der Waals surface area contributed by atoms with E-state index in [2.05, 4.69) is 0 Å². The number of aliphatic hydroxyl groups is 1. The van der Waals surface area contributed by atoms with Crippen LogP contribution in [0.15, 0.2) is 18.2 Å². The van der Waals surface area contributed by atoms with E-state index in [-0.39, 0.29) is 29.8 Å². The molecule has 1 atom stereocenters. The number of hydrogen-bond acceptors (Lipinski definition) is 4. The highest BCUT2D eigenvalue weighted by atomic mass is 19.1. The summed E-state index contributed by atoms with van der Waals surface area (Å²) in [4.78, 5) is 31.2. The molecule has 168 valence electrons. The first-order chi connectivity index (χ1) is 15.0. The maximum atomic E-state index is 15.1. The summed E-state index contributed by atoms with van der Waals surface area (Å²) in [6, 6.07) is 5.31. The van der Waals surface area contributed by atoms with E-state index in [1.807, 2.05) is 15.9 Å². The molecule has 4 aliphatic rings. The fraction of sp³-hybridized carbons (Fsp3) is 0.667. The van der Waals surface area contributed by atoms with E-state index >= 15 is 4.39 Å². The van der Waals surface area contributed by atoms with Crippen molar-refractivity contribution in [2.24, 2.45) is 5.41 Å². The van der Waals surface area contributed by atoms with E-state index in [0.29, 0.717) is 30.9 Å². The first kappa shape index (κ1) is 20.7. The number of nitrogens with zero attached hydrogens (tertiary/aromatic N) is 3. The quantitative estimate of drug-likeness (QED) is 0.802. The SMILES string of the molecule is O=C1CCCN1c1ccc(N2CCCC3(CCN(C4CCC(O)CC4)C3=O)C2)c(F)c1. The Balaban J connectivity index is 1.31. The lowest BCUT2D eigenvalue weighted by Crippen LogP contribution is -2.50. The number of piperidine rings is 1. The van der Waals surface area contributed by atoms with Crippen molar-refractivity contribution in [3.05, 3.63) is 24.0 Å². The molecule has 6 nitrogen and oxygen atoms in total. The predicted octanol–water partition coefficient (Wildman–Crippen LogP) is 3.07. The van der Waals surface area contributed by atoms with Crippen LogP contribution in [0.4, 0.5) is 15.8 Å². The molecular weight excluding hydrogens is 397 g/mol. The zero-order valence-corrected chi connectivity index (χ0v) is 18.1. The molecule has 1 aromatic rings. The van der Waals surface area contributed by atoms with Crippen molar-refractivity contribution in [2.75, 3.05) is 36.0 Å². The van der Waals surface area contributed by atoms with Gasteiger partial charge in [0, 0.05) is 44.3 Å². The Morgan fingerprint density at radius 2 is 1.81 bits per heavy atom. The molecular formula is C24H32FN3O3. The minimum absolute atomic E-state index is 0.0518. The third-order valence-electron chi connectivity index (χ3n) is 7.89. The molecule has 1 spiro atoms. The standard InChI is InChI=1S/C24H32FN3O3/c25-20-15-18(27-13-1-3-22(27)30)6-9-21(20)26-12-2-10-24(16-26)11-14-28(23(24)31)17-4-7-19(29)8-5-17/h6,9,15,17,19,29H,1-5,7-8,10-14,16H2. The highest BCUT2D eigenvalue weighted by Crippen LogP contribution is 2.44. The number of likely N-dealkylation sites (tertiary alicyclic amines) is 1. The largest absolute Gasteiger partial charge is 0.393 e. The van der Waals surface area contributed by atoms with Crippen LogP contribution >= 0.6 is 0 Å². The molecule has 31 heavy (non-hydrogen) atoms. The van der Waals surface area contributed by atoms with Gasteiger partial charge >= 0.3 is 0 Å². The molecule has 2 amide bonds. The van der Waals surface area contributed by atoms with Gasteiger partial charge in [0.2, 0.25) is 11.8 Å². The Hall–Kier alpha value is -2.15. The van der Waals surface area contributed by atoms with Crippen molar-refractivity contribution in [2.45, 2.75) is 69.9 Å². The summed E-state index contributed by atoms with van der Waals surface area (Å²) in [5, 5.41) is 9.80. The molecule has 3 heterocycles. The zero-order chi connectivity index (χ0) is 21.6. The van der Waals surface area contributed by atoms with Crippen molar-refractivity contribution in [3.63, 3.8) is 0 Å². The van der Waals surface area contributed by atoms with Crippen LogP contribution in [-0.2, 0) is 9.59 Å². The number of aliphatic hydroxyl groups excluding tert-OH is 1. The van der Waals surface area contributed by atoms with E-state index in [9.17, 15) is 14.7 Å². The van der Waals surface area contributed by atoms with Gasteiger partial charge in [0.25, 0.3) is 0 Å². The van der Waals surface area contributed by atoms with Crippen LogP contribution in [0.1, 0.15) is 57.8 Å². The highest BCUT2D eigenvalue weighted by Gasteiger charge is 2.50. The first-order valence-corrected chi connectivity index (χ1v) is 11.8. The van der Waals surface area contributed by atoms with Crippen LogP contribution in [0.25, 0.3) is 0 Å². The van der Waals surface area contributed by atoms with Crippen LogP contribution in [0.3, 0.4) is 0 Å². The van der Waals surface area contributed by atoms with E-state index in [0.717, 1.165) is 64.5 Å². The molecule has 0 radical (unpaired) electrons. The number of rotatable bonds is 3. The van der Waals surface area contributed by atoms with Crippen LogP contribution in [0.5, 0.6) is 0 Å². The summed E-state index contributed by atoms with van der Waals surface area (Å²) in [6.07, 6.45) is 6.95. The molecule has 1 saturated carbocycles. The molecule has 7 heteroatoms. The summed E-state index contributed by atoms with van der Waals surface area (Å²) in [5.74, 6) is -0.0490. The number of anilines is 2. The van der Waals surface area contributed by atoms with Crippen molar-refractivity contribution < 1.29 is 19.1 Å². The summed E-state index contributed by atoms with van der Waals surface area (Å²) in [5.41, 5.74) is 0.726. The maximum Gasteiger partial charge on any atom is 0.230 e. The smallest absolute Gasteiger partial charge is 0.230 e. The van der Waals surface area contributed by atoms with Gasteiger partial charge in [0.05, 0.1) is 17.2 Å². The number of hydrogen-bond donors (Lipinski definition) is 1. The maximum absolute atomic E-state index is 15.1. The molecule has 0 bridgehead atoms. The second-order valence-electron chi connectivity index (χ2n) is 9.80. The second-order valence-corrected chi connectivity index (χ2v) is 9.80. The van der Waals surface area contributed by atoms with Gasteiger partial charge in [-0.25, -0.2) is 4.39 Å². The van der Waals surface area contributed by atoms with Crippen molar-refractivity contribution in [3.8, 4) is 0 Å². The van der Waals surface area contributed by atoms with Gasteiger partial charge < -0.3 is 19.8 Å². The molecule has 1 aliphatic carbocycles. The van der Waals surface area contributed by atoms with Gasteiger partial charge in [-0.15, -0.1) is 0 Å². The lowest BCUT2D eigenvalue weighted by molar-refractivity contribution is -0.139. The fourth-order valence-electron chi connectivity index (χ4n) is 6.12. The normalized spacial score (nSPS) is 31.9. The topological polar surface area (TPSA) is 64.1 Å². The lowest BCUT2D eigenvalue weighted by Gasteiger charge is -2.41. The van der Waals surface area contributed by atoms with Gasteiger partial charge in [0.15, 0.2) is 0 Å². The number of carbonyl (C=O) groups excluding carboxylic acids is 2. The molecule has 3 saturated heterocycles. The molecule has 1 N–H and O–H groups in total. The minimum atomic E-state index is -0.426. The number of halogens is 1. The first-order valence-electron chi connectivity index (χ1n) is 11.8. The highest BCUT2D eigenvalue weighted by molar-refractivity contribution is 5.95. The Labute approximate surface area is 183 Å². The Bertz CT molecular complexity index is 870. The Kier molecular flexibility index (Phi) is 5.40.